The standard InChI is InChI=1S/C11H14N2OS/c1-3-13(7-9(2)6-12)11(14)10-4-5-15-8-10/h4-5,8-9H,3,7H2,1-2H3. The van der Waals surface area contributed by atoms with E-state index in [-0.39, 0.29) is 11.8 Å². The molecule has 0 bridgehead atoms. The molecule has 1 aromatic heterocycles. The summed E-state index contributed by atoms with van der Waals surface area (Å²) in [6.45, 7) is 4.89. The van der Waals surface area contributed by atoms with Crippen LogP contribution in [-0.4, -0.2) is 23.9 Å². The van der Waals surface area contributed by atoms with Crippen LogP contribution in [0, 0.1) is 17.2 Å². The largest absolute Gasteiger partial charge is 0.338 e. The van der Waals surface area contributed by atoms with E-state index in [1.54, 1.807) is 4.90 Å². The molecule has 1 rings (SSSR count). The van der Waals surface area contributed by atoms with Crippen molar-refractivity contribution < 1.29 is 4.79 Å². The third-order valence-electron chi connectivity index (χ3n) is 2.15. The van der Waals surface area contributed by atoms with Crippen LogP contribution in [0.4, 0.5) is 0 Å². The van der Waals surface area contributed by atoms with Gasteiger partial charge in [0.25, 0.3) is 5.91 Å². The molecule has 1 unspecified atom stereocenters. The zero-order valence-electron chi connectivity index (χ0n) is 8.93. The maximum absolute atomic E-state index is 11.9. The van der Waals surface area contributed by atoms with Gasteiger partial charge in [-0.2, -0.15) is 16.6 Å². The Morgan fingerprint density at radius 2 is 2.47 bits per heavy atom. The summed E-state index contributed by atoms with van der Waals surface area (Å²) in [6.07, 6.45) is 0. The summed E-state index contributed by atoms with van der Waals surface area (Å²) in [4.78, 5) is 13.6. The summed E-state index contributed by atoms with van der Waals surface area (Å²) < 4.78 is 0. The van der Waals surface area contributed by atoms with Gasteiger partial charge in [-0.25, -0.2) is 0 Å². The van der Waals surface area contributed by atoms with Gasteiger partial charge in [-0.05, 0) is 25.3 Å². The SMILES string of the molecule is CCN(CC(C)C#N)C(=O)c1ccsc1. The molecule has 1 heterocycles. The van der Waals surface area contributed by atoms with Crippen molar-refractivity contribution >= 4 is 17.2 Å². The summed E-state index contributed by atoms with van der Waals surface area (Å²) in [5, 5.41) is 12.4. The van der Waals surface area contributed by atoms with Crippen LogP contribution in [-0.2, 0) is 0 Å². The molecule has 0 saturated heterocycles. The molecule has 15 heavy (non-hydrogen) atoms. The van der Waals surface area contributed by atoms with E-state index in [2.05, 4.69) is 6.07 Å². The molecule has 0 aliphatic rings. The van der Waals surface area contributed by atoms with Gasteiger partial charge >= 0.3 is 0 Å². The Morgan fingerprint density at radius 3 is 2.93 bits per heavy atom. The number of nitriles is 1. The van der Waals surface area contributed by atoms with E-state index in [4.69, 9.17) is 5.26 Å². The topological polar surface area (TPSA) is 44.1 Å². The van der Waals surface area contributed by atoms with Gasteiger partial charge in [-0.3, -0.25) is 4.79 Å². The molecule has 1 aromatic rings. The maximum atomic E-state index is 11.9. The highest BCUT2D eigenvalue weighted by Crippen LogP contribution is 2.10. The number of hydrogen-bond donors (Lipinski definition) is 0. The van der Waals surface area contributed by atoms with Crippen molar-refractivity contribution in [3.05, 3.63) is 22.4 Å². The van der Waals surface area contributed by atoms with Crippen molar-refractivity contribution in [1.82, 2.24) is 4.90 Å². The van der Waals surface area contributed by atoms with Crippen LogP contribution in [0.2, 0.25) is 0 Å². The van der Waals surface area contributed by atoms with Crippen molar-refractivity contribution in [2.75, 3.05) is 13.1 Å². The normalized spacial score (nSPS) is 11.8. The van der Waals surface area contributed by atoms with Crippen LogP contribution in [0.1, 0.15) is 24.2 Å². The molecule has 0 aliphatic carbocycles. The lowest BCUT2D eigenvalue weighted by Crippen LogP contribution is -2.34. The van der Waals surface area contributed by atoms with E-state index in [0.717, 1.165) is 0 Å². The Hall–Kier alpha value is -1.34. The summed E-state index contributed by atoms with van der Waals surface area (Å²) >= 11 is 1.51. The minimum atomic E-state index is -0.118. The van der Waals surface area contributed by atoms with Crippen molar-refractivity contribution in [3.8, 4) is 6.07 Å². The quantitative estimate of drug-likeness (QED) is 0.785. The van der Waals surface area contributed by atoms with E-state index in [0.29, 0.717) is 18.7 Å². The van der Waals surface area contributed by atoms with Crippen molar-refractivity contribution in [2.24, 2.45) is 5.92 Å². The Morgan fingerprint density at radius 1 is 1.73 bits per heavy atom. The van der Waals surface area contributed by atoms with E-state index in [1.807, 2.05) is 30.7 Å². The summed E-state index contributed by atoms with van der Waals surface area (Å²) in [6, 6.07) is 3.95. The van der Waals surface area contributed by atoms with Crippen LogP contribution in [0.25, 0.3) is 0 Å². The Balaban J connectivity index is 2.68. The Kier molecular flexibility index (Phi) is 4.32. The second kappa shape index (κ2) is 5.52. The first kappa shape index (κ1) is 11.7. The van der Waals surface area contributed by atoms with Gasteiger partial charge in [-0.1, -0.05) is 0 Å². The fourth-order valence-corrected chi connectivity index (χ4v) is 1.93. The average molecular weight is 222 g/mol. The highest BCUT2D eigenvalue weighted by molar-refractivity contribution is 7.08. The van der Waals surface area contributed by atoms with Gasteiger partial charge in [-0.15, -0.1) is 0 Å². The minimum Gasteiger partial charge on any atom is -0.338 e. The number of carbonyl (C=O) groups is 1. The molecule has 0 N–H and O–H groups in total. The number of thiophene rings is 1. The molecular formula is C11H14N2OS. The van der Waals surface area contributed by atoms with Crippen LogP contribution < -0.4 is 0 Å². The lowest BCUT2D eigenvalue weighted by atomic mass is 10.2. The molecule has 4 heteroatoms. The zero-order chi connectivity index (χ0) is 11.3. The molecule has 1 atom stereocenters. The molecule has 0 fully saturated rings. The first-order chi connectivity index (χ1) is 7.19. The Labute approximate surface area is 93.9 Å². The minimum absolute atomic E-state index is 0.0147. The first-order valence-electron chi connectivity index (χ1n) is 4.90. The predicted molar refractivity (Wildman–Crippen MR) is 60.7 cm³/mol. The first-order valence-corrected chi connectivity index (χ1v) is 5.84. The van der Waals surface area contributed by atoms with E-state index < -0.39 is 0 Å². The second-order valence-corrected chi connectivity index (χ2v) is 4.17. The highest BCUT2D eigenvalue weighted by atomic mass is 32.1. The summed E-state index contributed by atoms with van der Waals surface area (Å²) in [5.74, 6) is -0.103. The van der Waals surface area contributed by atoms with Gasteiger partial charge < -0.3 is 4.90 Å². The third kappa shape index (κ3) is 3.07. The maximum Gasteiger partial charge on any atom is 0.254 e. The van der Waals surface area contributed by atoms with Gasteiger partial charge in [0.2, 0.25) is 0 Å². The number of nitrogens with zero attached hydrogens (tertiary/aromatic N) is 2. The van der Waals surface area contributed by atoms with Gasteiger partial charge in [0, 0.05) is 18.5 Å². The molecule has 3 nitrogen and oxygen atoms in total. The molecule has 0 spiro atoms. The molecule has 0 aromatic carbocycles. The van der Waals surface area contributed by atoms with Gasteiger partial charge in [0.05, 0.1) is 17.6 Å². The molecule has 0 saturated carbocycles. The van der Waals surface area contributed by atoms with Crippen molar-refractivity contribution in [3.63, 3.8) is 0 Å². The number of hydrogen-bond acceptors (Lipinski definition) is 3. The van der Waals surface area contributed by atoms with Crippen molar-refractivity contribution in [1.29, 1.82) is 5.26 Å². The van der Waals surface area contributed by atoms with E-state index >= 15 is 0 Å². The lowest BCUT2D eigenvalue weighted by molar-refractivity contribution is 0.0753. The van der Waals surface area contributed by atoms with Crippen LogP contribution in [0.3, 0.4) is 0 Å². The third-order valence-corrected chi connectivity index (χ3v) is 2.83. The summed E-state index contributed by atoms with van der Waals surface area (Å²) in [7, 11) is 0. The van der Waals surface area contributed by atoms with E-state index in [1.165, 1.54) is 11.3 Å². The average Bonchev–Trinajstić information content (AvgIpc) is 2.77. The number of carbonyl (C=O) groups excluding carboxylic acids is 1. The molecule has 80 valence electrons. The fraction of sp³-hybridized carbons (Fsp3) is 0.455. The van der Waals surface area contributed by atoms with Crippen LogP contribution in [0.15, 0.2) is 16.8 Å². The van der Waals surface area contributed by atoms with Gasteiger partial charge in [0.1, 0.15) is 0 Å². The Bertz CT molecular complexity index is 353. The highest BCUT2D eigenvalue weighted by Gasteiger charge is 2.16. The molecule has 1 amide bonds. The molecular weight excluding hydrogens is 208 g/mol. The monoisotopic (exact) mass is 222 g/mol. The summed E-state index contributed by atoms with van der Waals surface area (Å²) in [5.41, 5.74) is 0.715. The predicted octanol–water partition coefficient (Wildman–Crippen LogP) is 2.37. The smallest absolute Gasteiger partial charge is 0.254 e. The van der Waals surface area contributed by atoms with Gasteiger partial charge in [0.15, 0.2) is 0 Å². The molecule has 0 radical (unpaired) electrons. The van der Waals surface area contributed by atoms with Crippen LogP contribution in [0.5, 0.6) is 0 Å². The van der Waals surface area contributed by atoms with Crippen LogP contribution >= 0.6 is 11.3 Å². The second-order valence-electron chi connectivity index (χ2n) is 3.39. The molecule has 0 aliphatic heterocycles. The number of amides is 1. The fourth-order valence-electron chi connectivity index (χ4n) is 1.30. The zero-order valence-corrected chi connectivity index (χ0v) is 9.75. The lowest BCUT2D eigenvalue weighted by Gasteiger charge is -2.21. The number of rotatable bonds is 4. The van der Waals surface area contributed by atoms with E-state index in [9.17, 15) is 4.79 Å². The van der Waals surface area contributed by atoms with Crippen molar-refractivity contribution in [2.45, 2.75) is 13.8 Å².